The van der Waals surface area contributed by atoms with Crippen LogP contribution in [0.15, 0.2) is 18.2 Å². The van der Waals surface area contributed by atoms with E-state index in [0.717, 1.165) is 46.7 Å². The maximum atomic E-state index is 5.68. The number of anilines is 1. The van der Waals surface area contributed by atoms with E-state index in [1.54, 1.807) is 11.3 Å². The van der Waals surface area contributed by atoms with Crippen molar-refractivity contribution in [2.24, 2.45) is 0 Å². The zero-order chi connectivity index (χ0) is 13.8. The molecule has 0 saturated carbocycles. The van der Waals surface area contributed by atoms with Gasteiger partial charge in [-0.2, -0.15) is 0 Å². The molecule has 106 valence electrons. The fourth-order valence-electron chi connectivity index (χ4n) is 1.96. The smallest absolute Gasteiger partial charge is 0.205 e. The van der Waals surface area contributed by atoms with Crippen LogP contribution < -0.4 is 14.8 Å². The fourth-order valence-corrected chi connectivity index (χ4v) is 2.64. The van der Waals surface area contributed by atoms with Crippen molar-refractivity contribution < 1.29 is 9.47 Å². The molecule has 2 heterocycles. The predicted molar refractivity (Wildman–Crippen MR) is 78.7 cm³/mol. The van der Waals surface area contributed by atoms with Crippen LogP contribution in [0.2, 0.25) is 0 Å². The SMILES string of the molecule is CCc1nnc(NCc2ccc3c(c2)OCCCO3)s1. The van der Waals surface area contributed by atoms with E-state index in [2.05, 4.69) is 22.4 Å². The number of fused-ring (bicyclic) bond motifs is 1. The lowest BCUT2D eigenvalue weighted by Gasteiger charge is -2.09. The lowest BCUT2D eigenvalue weighted by molar-refractivity contribution is 0.297. The van der Waals surface area contributed by atoms with Gasteiger partial charge in [0.1, 0.15) is 5.01 Å². The molecule has 0 bridgehead atoms. The molecule has 1 aromatic heterocycles. The van der Waals surface area contributed by atoms with Gasteiger partial charge in [-0.25, -0.2) is 0 Å². The summed E-state index contributed by atoms with van der Waals surface area (Å²) in [6.45, 7) is 4.21. The van der Waals surface area contributed by atoms with Crippen LogP contribution in [-0.4, -0.2) is 23.4 Å². The quantitative estimate of drug-likeness (QED) is 0.938. The number of hydrogen-bond donors (Lipinski definition) is 1. The fraction of sp³-hybridized carbons (Fsp3) is 0.429. The molecule has 1 aliphatic heterocycles. The van der Waals surface area contributed by atoms with Crippen molar-refractivity contribution in [3.8, 4) is 11.5 Å². The average molecular weight is 291 g/mol. The summed E-state index contributed by atoms with van der Waals surface area (Å²) in [6, 6.07) is 6.03. The molecule has 0 radical (unpaired) electrons. The molecule has 0 fully saturated rings. The molecular formula is C14H17N3O2S. The number of benzene rings is 1. The summed E-state index contributed by atoms with van der Waals surface area (Å²) in [6.07, 6.45) is 1.84. The van der Waals surface area contributed by atoms with Gasteiger partial charge in [-0.1, -0.05) is 24.3 Å². The van der Waals surface area contributed by atoms with Crippen molar-refractivity contribution in [2.45, 2.75) is 26.3 Å². The Morgan fingerprint density at radius 2 is 2.05 bits per heavy atom. The van der Waals surface area contributed by atoms with Gasteiger partial charge < -0.3 is 14.8 Å². The molecule has 1 aliphatic rings. The second kappa shape index (κ2) is 6.09. The average Bonchev–Trinajstić information content (AvgIpc) is 2.82. The maximum absolute atomic E-state index is 5.68. The number of ether oxygens (including phenoxy) is 2. The Bertz CT molecular complexity index is 586. The zero-order valence-electron chi connectivity index (χ0n) is 11.4. The van der Waals surface area contributed by atoms with E-state index in [1.807, 2.05) is 18.2 Å². The van der Waals surface area contributed by atoms with E-state index < -0.39 is 0 Å². The van der Waals surface area contributed by atoms with Crippen LogP contribution in [0, 0.1) is 0 Å². The third-order valence-corrected chi connectivity index (χ3v) is 4.05. The van der Waals surface area contributed by atoms with E-state index in [-0.39, 0.29) is 0 Å². The molecule has 1 aromatic carbocycles. The largest absolute Gasteiger partial charge is 0.490 e. The summed E-state index contributed by atoms with van der Waals surface area (Å²) in [7, 11) is 0. The number of rotatable bonds is 4. The van der Waals surface area contributed by atoms with E-state index in [0.29, 0.717) is 13.2 Å². The van der Waals surface area contributed by atoms with Gasteiger partial charge in [0.25, 0.3) is 0 Å². The first-order valence-electron chi connectivity index (χ1n) is 6.80. The van der Waals surface area contributed by atoms with Crippen molar-refractivity contribution in [1.29, 1.82) is 0 Å². The minimum Gasteiger partial charge on any atom is -0.490 e. The number of nitrogens with zero attached hydrogens (tertiary/aromatic N) is 2. The highest BCUT2D eigenvalue weighted by molar-refractivity contribution is 7.15. The lowest BCUT2D eigenvalue weighted by atomic mass is 10.2. The van der Waals surface area contributed by atoms with Gasteiger partial charge in [0, 0.05) is 13.0 Å². The Balaban J connectivity index is 1.67. The third-order valence-electron chi connectivity index (χ3n) is 3.02. The Hall–Kier alpha value is -1.82. The van der Waals surface area contributed by atoms with Gasteiger partial charge in [-0.3, -0.25) is 0 Å². The van der Waals surface area contributed by atoms with Crippen LogP contribution in [0.3, 0.4) is 0 Å². The standard InChI is InChI=1S/C14H17N3O2S/c1-2-13-16-17-14(20-13)15-9-10-4-5-11-12(8-10)19-7-3-6-18-11/h4-5,8H,2-3,6-7,9H2,1H3,(H,15,17). The summed E-state index contributed by atoms with van der Waals surface area (Å²) in [5.74, 6) is 1.66. The Kier molecular flexibility index (Phi) is 4.01. The maximum Gasteiger partial charge on any atom is 0.205 e. The highest BCUT2D eigenvalue weighted by Crippen LogP contribution is 2.30. The second-order valence-corrected chi connectivity index (χ2v) is 5.60. The summed E-state index contributed by atoms with van der Waals surface area (Å²) in [5, 5.41) is 13.4. The molecule has 0 spiro atoms. The number of aromatic nitrogens is 2. The van der Waals surface area contributed by atoms with Gasteiger partial charge >= 0.3 is 0 Å². The van der Waals surface area contributed by atoms with E-state index >= 15 is 0 Å². The molecule has 20 heavy (non-hydrogen) atoms. The molecule has 0 atom stereocenters. The highest BCUT2D eigenvalue weighted by Gasteiger charge is 2.10. The Labute approximate surface area is 121 Å². The topological polar surface area (TPSA) is 56.3 Å². The van der Waals surface area contributed by atoms with Crippen molar-refractivity contribution in [3.05, 3.63) is 28.8 Å². The predicted octanol–water partition coefficient (Wildman–Crippen LogP) is 2.87. The van der Waals surface area contributed by atoms with Crippen LogP contribution in [-0.2, 0) is 13.0 Å². The molecule has 5 nitrogen and oxygen atoms in total. The van der Waals surface area contributed by atoms with Crippen molar-refractivity contribution >= 4 is 16.5 Å². The lowest BCUT2D eigenvalue weighted by Crippen LogP contribution is -2.00. The summed E-state index contributed by atoms with van der Waals surface area (Å²) >= 11 is 1.59. The molecule has 0 saturated heterocycles. The summed E-state index contributed by atoms with van der Waals surface area (Å²) < 4.78 is 11.3. The number of hydrogen-bond acceptors (Lipinski definition) is 6. The Morgan fingerprint density at radius 3 is 2.85 bits per heavy atom. The third kappa shape index (κ3) is 3.01. The van der Waals surface area contributed by atoms with E-state index in [4.69, 9.17) is 9.47 Å². The number of aryl methyl sites for hydroxylation is 1. The van der Waals surface area contributed by atoms with E-state index in [1.165, 1.54) is 0 Å². The van der Waals surface area contributed by atoms with Crippen LogP contribution in [0.25, 0.3) is 0 Å². The molecular weight excluding hydrogens is 274 g/mol. The monoisotopic (exact) mass is 291 g/mol. The molecule has 2 aromatic rings. The molecule has 3 rings (SSSR count). The summed E-state index contributed by atoms with van der Waals surface area (Å²) in [5.41, 5.74) is 1.14. The molecule has 6 heteroatoms. The highest BCUT2D eigenvalue weighted by atomic mass is 32.1. The van der Waals surface area contributed by atoms with Gasteiger partial charge in [-0.05, 0) is 24.1 Å². The first-order chi connectivity index (χ1) is 9.85. The second-order valence-electron chi connectivity index (χ2n) is 4.54. The van der Waals surface area contributed by atoms with E-state index in [9.17, 15) is 0 Å². The Morgan fingerprint density at radius 1 is 1.20 bits per heavy atom. The van der Waals surface area contributed by atoms with Gasteiger partial charge in [-0.15, -0.1) is 10.2 Å². The zero-order valence-corrected chi connectivity index (χ0v) is 12.2. The van der Waals surface area contributed by atoms with Gasteiger partial charge in [0.2, 0.25) is 5.13 Å². The first-order valence-corrected chi connectivity index (χ1v) is 7.61. The van der Waals surface area contributed by atoms with Gasteiger partial charge in [0.05, 0.1) is 13.2 Å². The van der Waals surface area contributed by atoms with Crippen molar-refractivity contribution in [2.75, 3.05) is 18.5 Å². The van der Waals surface area contributed by atoms with Crippen LogP contribution in [0.1, 0.15) is 23.9 Å². The van der Waals surface area contributed by atoms with Crippen LogP contribution >= 0.6 is 11.3 Å². The number of nitrogens with one attached hydrogen (secondary N) is 1. The minimum atomic E-state index is 0.703. The van der Waals surface area contributed by atoms with Crippen molar-refractivity contribution in [1.82, 2.24) is 10.2 Å². The first kappa shape index (κ1) is 13.2. The van der Waals surface area contributed by atoms with Crippen molar-refractivity contribution in [3.63, 3.8) is 0 Å². The molecule has 0 aliphatic carbocycles. The summed E-state index contributed by atoms with van der Waals surface area (Å²) in [4.78, 5) is 0. The molecule has 0 amide bonds. The minimum absolute atomic E-state index is 0.703. The molecule has 0 unspecified atom stereocenters. The normalized spacial score (nSPS) is 13.8. The molecule has 1 N–H and O–H groups in total. The van der Waals surface area contributed by atoms with Crippen LogP contribution in [0.4, 0.5) is 5.13 Å². The van der Waals surface area contributed by atoms with Gasteiger partial charge in [0.15, 0.2) is 11.5 Å². The van der Waals surface area contributed by atoms with Crippen LogP contribution in [0.5, 0.6) is 11.5 Å².